The van der Waals surface area contributed by atoms with Crippen LogP contribution in [0.5, 0.6) is 0 Å². The Balaban J connectivity index is 2.13. The SMILES string of the molecule is CCCNC(CN)CC(=O)NC1CC1. The fourth-order valence-electron chi connectivity index (χ4n) is 1.33. The van der Waals surface area contributed by atoms with E-state index in [0.717, 1.165) is 25.8 Å². The van der Waals surface area contributed by atoms with E-state index in [4.69, 9.17) is 5.73 Å². The molecule has 1 rings (SSSR count). The molecule has 0 aromatic heterocycles. The van der Waals surface area contributed by atoms with Crippen LogP contribution in [0.2, 0.25) is 0 Å². The van der Waals surface area contributed by atoms with E-state index in [-0.39, 0.29) is 11.9 Å². The number of carbonyl (C=O) groups excluding carboxylic acids is 1. The lowest BCUT2D eigenvalue weighted by Gasteiger charge is -2.15. The predicted octanol–water partition coefficient (Wildman–Crippen LogP) is -0.0180. The topological polar surface area (TPSA) is 67.1 Å². The summed E-state index contributed by atoms with van der Waals surface area (Å²) in [6.45, 7) is 3.56. The molecule has 0 radical (unpaired) electrons. The molecule has 0 aromatic carbocycles. The van der Waals surface area contributed by atoms with Crippen molar-refractivity contribution < 1.29 is 4.79 Å². The van der Waals surface area contributed by atoms with Crippen LogP contribution in [0.1, 0.15) is 32.6 Å². The van der Waals surface area contributed by atoms with Crippen molar-refractivity contribution >= 4 is 5.91 Å². The number of amides is 1. The first-order chi connectivity index (χ1) is 6.76. The van der Waals surface area contributed by atoms with Gasteiger partial charge in [0.15, 0.2) is 0 Å². The molecule has 1 amide bonds. The third kappa shape index (κ3) is 4.58. The van der Waals surface area contributed by atoms with Gasteiger partial charge >= 0.3 is 0 Å². The average molecular weight is 199 g/mol. The van der Waals surface area contributed by atoms with Crippen LogP contribution in [-0.2, 0) is 4.79 Å². The van der Waals surface area contributed by atoms with Crippen LogP contribution in [0.15, 0.2) is 0 Å². The van der Waals surface area contributed by atoms with E-state index < -0.39 is 0 Å². The third-order valence-corrected chi connectivity index (χ3v) is 2.34. The van der Waals surface area contributed by atoms with Crippen LogP contribution < -0.4 is 16.4 Å². The highest BCUT2D eigenvalue weighted by molar-refractivity contribution is 5.77. The maximum atomic E-state index is 11.4. The zero-order chi connectivity index (χ0) is 10.4. The van der Waals surface area contributed by atoms with Crippen molar-refractivity contribution in [3.8, 4) is 0 Å². The Hall–Kier alpha value is -0.610. The number of rotatable bonds is 7. The Morgan fingerprint density at radius 3 is 2.79 bits per heavy atom. The van der Waals surface area contributed by atoms with Crippen LogP contribution in [0.4, 0.5) is 0 Å². The quantitative estimate of drug-likeness (QED) is 0.540. The molecular weight excluding hydrogens is 178 g/mol. The number of nitrogens with two attached hydrogens (primary N) is 1. The van der Waals surface area contributed by atoms with Crippen LogP contribution in [0, 0.1) is 0 Å². The Labute approximate surface area is 85.6 Å². The van der Waals surface area contributed by atoms with Gasteiger partial charge in [-0.25, -0.2) is 0 Å². The maximum Gasteiger partial charge on any atom is 0.221 e. The minimum Gasteiger partial charge on any atom is -0.353 e. The van der Waals surface area contributed by atoms with Gasteiger partial charge in [-0.1, -0.05) is 6.92 Å². The van der Waals surface area contributed by atoms with Crippen LogP contribution in [0.25, 0.3) is 0 Å². The summed E-state index contributed by atoms with van der Waals surface area (Å²) >= 11 is 0. The lowest BCUT2D eigenvalue weighted by atomic mass is 10.2. The van der Waals surface area contributed by atoms with Gasteiger partial charge in [0, 0.05) is 25.0 Å². The van der Waals surface area contributed by atoms with Gasteiger partial charge in [0.1, 0.15) is 0 Å². The summed E-state index contributed by atoms with van der Waals surface area (Å²) in [4.78, 5) is 11.4. The van der Waals surface area contributed by atoms with Gasteiger partial charge in [-0.05, 0) is 25.8 Å². The molecule has 1 atom stereocenters. The smallest absolute Gasteiger partial charge is 0.221 e. The van der Waals surface area contributed by atoms with E-state index >= 15 is 0 Å². The van der Waals surface area contributed by atoms with Gasteiger partial charge in [-0.3, -0.25) is 4.79 Å². The van der Waals surface area contributed by atoms with Crippen LogP contribution in [-0.4, -0.2) is 31.1 Å². The second-order valence-electron chi connectivity index (χ2n) is 3.93. The van der Waals surface area contributed by atoms with Gasteiger partial charge in [0.05, 0.1) is 0 Å². The summed E-state index contributed by atoms with van der Waals surface area (Å²) in [5.74, 6) is 0.131. The summed E-state index contributed by atoms with van der Waals surface area (Å²) in [7, 11) is 0. The second kappa shape index (κ2) is 5.98. The van der Waals surface area contributed by atoms with Crippen molar-refractivity contribution in [2.45, 2.75) is 44.7 Å². The van der Waals surface area contributed by atoms with Crippen molar-refractivity contribution in [3.63, 3.8) is 0 Å². The molecule has 4 N–H and O–H groups in total. The van der Waals surface area contributed by atoms with Crippen molar-refractivity contribution in [1.29, 1.82) is 0 Å². The molecule has 14 heavy (non-hydrogen) atoms. The first-order valence-electron chi connectivity index (χ1n) is 5.49. The molecule has 1 saturated carbocycles. The highest BCUT2D eigenvalue weighted by Gasteiger charge is 2.24. The number of nitrogens with one attached hydrogen (secondary N) is 2. The Kier molecular flexibility index (Phi) is 4.90. The number of hydrogen-bond donors (Lipinski definition) is 3. The largest absolute Gasteiger partial charge is 0.353 e. The lowest BCUT2D eigenvalue weighted by molar-refractivity contribution is -0.121. The van der Waals surface area contributed by atoms with Gasteiger partial charge in [0.2, 0.25) is 5.91 Å². The molecule has 4 heteroatoms. The van der Waals surface area contributed by atoms with Gasteiger partial charge < -0.3 is 16.4 Å². The van der Waals surface area contributed by atoms with E-state index in [2.05, 4.69) is 17.6 Å². The average Bonchev–Trinajstić information content (AvgIpc) is 2.95. The van der Waals surface area contributed by atoms with E-state index in [1.165, 1.54) is 0 Å². The molecule has 0 aliphatic heterocycles. The predicted molar refractivity (Wildman–Crippen MR) is 56.9 cm³/mol. The van der Waals surface area contributed by atoms with E-state index in [1.54, 1.807) is 0 Å². The van der Waals surface area contributed by atoms with E-state index in [1.807, 2.05) is 0 Å². The molecule has 82 valence electrons. The summed E-state index contributed by atoms with van der Waals surface area (Å²) in [5.41, 5.74) is 5.57. The first kappa shape index (κ1) is 11.5. The van der Waals surface area contributed by atoms with Gasteiger partial charge in [-0.2, -0.15) is 0 Å². The van der Waals surface area contributed by atoms with Crippen molar-refractivity contribution in [1.82, 2.24) is 10.6 Å². The Morgan fingerprint density at radius 2 is 2.29 bits per heavy atom. The molecule has 1 unspecified atom stereocenters. The molecule has 0 saturated heterocycles. The molecule has 0 bridgehead atoms. The van der Waals surface area contributed by atoms with Crippen molar-refractivity contribution in [3.05, 3.63) is 0 Å². The van der Waals surface area contributed by atoms with Gasteiger partial charge in [-0.15, -0.1) is 0 Å². The fourth-order valence-corrected chi connectivity index (χ4v) is 1.33. The van der Waals surface area contributed by atoms with Crippen LogP contribution in [0.3, 0.4) is 0 Å². The number of hydrogen-bond acceptors (Lipinski definition) is 3. The Bertz CT molecular complexity index is 180. The zero-order valence-electron chi connectivity index (χ0n) is 8.88. The third-order valence-electron chi connectivity index (χ3n) is 2.34. The fraction of sp³-hybridized carbons (Fsp3) is 0.900. The summed E-state index contributed by atoms with van der Waals surface area (Å²) < 4.78 is 0. The standard InChI is InChI=1S/C10H21N3O/c1-2-5-12-9(7-11)6-10(14)13-8-3-4-8/h8-9,12H,2-7,11H2,1H3,(H,13,14). The van der Waals surface area contributed by atoms with E-state index in [0.29, 0.717) is 19.0 Å². The monoisotopic (exact) mass is 199 g/mol. The minimum absolute atomic E-state index is 0.131. The molecular formula is C10H21N3O. The second-order valence-corrected chi connectivity index (χ2v) is 3.93. The molecule has 0 heterocycles. The summed E-state index contributed by atoms with van der Waals surface area (Å²) in [6, 6.07) is 0.584. The zero-order valence-corrected chi connectivity index (χ0v) is 8.88. The molecule has 4 nitrogen and oxygen atoms in total. The highest BCUT2D eigenvalue weighted by Crippen LogP contribution is 2.18. The van der Waals surface area contributed by atoms with E-state index in [9.17, 15) is 4.79 Å². The summed E-state index contributed by atoms with van der Waals surface area (Å²) in [6.07, 6.45) is 3.86. The molecule has 1 aliphatic rings. The maximum absolute atomic E-state index is 11.4. The minimum atomic E-state index is 0.131. The lowest BCUT2D eigenvalue weighted by Crippen LogP contribution is -2.41. The van der Waals surface area contributed by atoms with Gasteiger partial charge in [0.25, 0.3) is 0 Å². The molecule has 0 spiro atoms. The molecule has 1 fully saturated rings. The Morgan fingerprint density at radius 1 is 1.57 bits per heavy atom. The summed E-state index contributed by atoms with van der Waals surface area (Å²) in [5, 5.41) is 6.22. The molecule has 0 aromatic rings. The number of carbonyl (C=O) groups is 1. The molecule has 1 aliphatic carbocycles. The highest BCUT2D eigenvalue weighted by atomic mass is 16.1. The van der Waals surface area contributed by atoms with Crippen LogP contribution >= 0.6 is 0 Å². The normalized spacial score (nSPS) is 17.9. The van der Waals surface area contributed by atoms with Crippen molar-refractivity contribution in [2.75, 3.05) is 13.1 Å². The van der Waals surface area contributed by atoms with Crippen molar-refractivity contribution in [2.24, 2.45) is 5.73 Å². The first-order valence-corrected chi connectivity index (χ1v) is 5.49.